The van der Waals surface area contributed by atoms with Gasteiger partial charge < -0.3 is 27.4 Å². The smallest absolute Gasteiger partial charge is 2.00 e. The van der Waals surface area contributed by atoms with Gasteiger partial charge in [-0.05, 0) is 0 Å². The molecule has 0 amide bonds. The van der Waals surface area contributed by atoms with Gasteiger partial charge in [0.25, 0.3) is 0 Å². The molecule has 5 nitrogen and oxygen atoms in total. The molecule has 0 atom stereocenters. The summed E-state index contributed by atoms with van der Waals surface area (Å²) in [4.78, 5) is 0. The number of rotatable bonds is 0. The van der Waals surface area contributed by atoms with E-state index in [2.05, 4.69) is 0 Å². The summed E-state index contributed by atoms with van der Waals surface area (Å²) in [7, 11) is 0. The Labute approximate surface area is 113 Å². The summed E-state index contributed by atoms with van der Waals surface area (Å²) >= 11 is 0. The molecular weight excluding hydrogens is 656 g/mol. The van der Waals surface area contributed by atoms with Gasteiger partial charge in [0.1, 0.15) is 0 Å². The molecule has 0 aromatic heterocycles. The van der Waals surface area contributed by atoms with E-state index in [1.54, 1.807) is 0 Å². The molecule has 0 spiro atoms. The van der Waals surface area contributed by atoms with Crippen LogP contribution in [0.4, 0.5) is 0 Å². The van der Waals surface area contributed by atoms with Crippen molar-refractivity contribution in [3.05, 3.63) is 0 Å². The van der Waals surface area contributed by atoms with Gasteiger partial charge in [-0.15, -0.1) is 0 Å². The van der Waals surface area contributed by atoms with Crippen molar-refractivity contribution in [3.63, 3.8) is 0 Å². The van der Waals surface area contributed by atoms with Gasteiger partial charge in [0.2, 0.25) is 0 Å². The molecule has 0 aromatic rings. The van der Waals surface area contributed by atoms with Crippen molar-refractivity contribution in [2.75, 3.05) is 0 Å². The van der Waals surface area contributed by atoms with E-state index in [-0.39, 0.29) is 114 Å². The maximum absolute atomic E-state index is 0. The van der Waals surface area contributed by atoms with Crippen LogP contribution in [0.2, 0.25) is 0 Å². The van der Waals surface area contributed by atoms with E-state index in [0.717, 1.165) is 0 Å². The van der Waals surface area contributed by atoms with Crippen molar-refractivity contribution in [1.29, 1.82) is 0 Å². The second-order valence-corrected chi connectivity index (χ2v) is 0. The van der Waals surface area contributed by atoms with Crippen LogP contribution in [0.15, 0.2) is 0 Å². The monoisotopic (exact) mass is 656 g/mol. The molecule has 0 aromatic carbocycles. The molecule has 0 aliphatic heterocycles. The van der Waals surface area contributed by atoms with Crippen LogP contribution in [0.5, 0.6) is 0 Å². The van der Waals surface area contributed by atoms with Crippen LogP contribution in [-0.2, 0) is 114 Å². The van der Waals surface area contributed by atoms with E-state index in [1.807, 2.05) is 0 Å². The van der Waals surface area contributed by atoms with Gasteiger partial charge in [-0.1, -0.05) is 0 Å². The Bertz CT molecular complexity index is 12.9. The van der Waals surface area contributed by atoms with E-state index in [1.165, 1.54) is 0 Å². The molecule has 0 aliphatic carbocycles. The molecule has 0 saturated carbocycles. The van der Waals surface area contributed by atoms with Gasteiger partial charge in [-0.25, -0.2) is 0 Å². The summed E-state index contributed by atoms with van der Waals surface area (Å²) < 4.78 is 0. The normalized spacial score (nSPS) is 0. The fraction of sp³-hybridized carbons (Fsp3) is 0. The average molecular weight is 656 g/mol. The summed E-state index contributed by atoms with van der Waals surface area (Å²) in [6.07, 6.45) is 0. The zero-order valence-electron chi connectivity index (χ0n) is 3.57. The van der Waals surface area contributed by atoms with Gasteiger partial charge in [-0.3, -0.25) is 0 Å². The maximum atomic E-state index is 0. The van der Waals surface area contributed by atoms with Gasteiger partial charge in [0, 0.05) is 42.1 Å². The van der Waals surface area contributed by atoms with E-state index in [4.69, 9.17) is 0 Å². The Kier molecular flexibility index (Phi) is 2930. The molecule has 0 N–H and O–H groups in total. The van der Waals surface area contributed by atoms with Crippen molar-refractivity contribution in [2.24, 2.45) is 0 Å². The third-order valence-electron chi connectivity index (χ3n) is 0. The maximum Gasteiger partial charge on any atom is 5.00 e. The van der Waals surface area contributed by atoms with Crippen molar-refractivity contribution in [1.82, 2.24) is 0 Å². The first kappa shape index (κ1) is 188. The third kappa shape index (κ3) is 113. The second-order valence-electron chi connectivity index (χ2n) is 0. The Balaban J connectivity index is 0. The largest absolute Gasteiger partial charge is 5.00 e. The first-order valence-electron chi connectivity index (χ1n) is 0. The molecule has 60 valence electrons. The predicted molar refractivity (Wildman–Crippen MR) is 3.43 cm³/mol. The molecule has 0 rings (SSSR count). The molecule has 0 fully saturated rings. The standard InChI is InChI=1S/2Nb.5O.2Pt/q2*+5;5*-2;;. The average Bonchev–Trinajstić information content (AvgIpc) is 0. The molecule has 9 heteroatoms. The Morgan fingerprint density at radius 2 is 0.333 bits per heavy atom. The van der Waals surface area contributed by atoms with Crippen LogP contribution in [0, 0.1) is 0 Å². The first-order chi connectivity index (χ1) is 0. The van der Waals surface area contributed by atoms with Gasteiger partial charge in [0.05, 0.1) is 0 Å². The molecule has 9 heavy (non-hydrogen) atoms. The van der Waals surface area contributed by atoms with Gasteiger partial charge in [0.15, 0.2) is 0 Å². The third-order valence-corrected chi connectivity index (χ3v) is 0. The van der Waals surface area contributed by atoms with Crippen LogP contribution in [0.3, 0.4) is 0 Å². The Morgan fingerprint density at radius 3 is 0.333 bits per heavy atom. The van der Waals surface area contributed by atoms with Crippen LogP contribution < -0.4 is 0 Å². The minimum absolute atomic E-state index is 0. The summed E-state index contributed by atoms with van der Waals surface area (Å²) in [6, 6.07) is 0. The minimum atomic E-state index is 0. The van der Waals surface area contributed by atoms with Crippen LogP contribution >= 0.6 is 0 Å². The zero-order chi connectivity index (χ0) is 0. The molecule has 0 bridgehead atoms. The minimum Gasteiger partial charge on any atom is -2.00 e. The molecule has 0 heterocycles. The van der Waals surface area contributed by atoms with Crippen molar-refractivity contribution < 1.29 is 114 Å². The topological polar surface area (TPSA) is 142 Å². The van der Waals surface area contributed by atoms with E-state index in [9.17, 15) is 0 Å². The molecular formula is Nb2O5Pt2. The summed E-state index contributed by atoms with van der Waals surface area (Å²) in [5, 5.41) is 0. The quantitative estimate of drug-likeness (QED) is 0.308. The number of hydrogen-bond acceptors (Lipinski definition) is 0. The Hall–Kier alpha value is 2.66. The summed E-state index contributed by atoms with van der Waals surface area (Å²) in [5.74, 6) is 0. The predicted octanol–water partition coefficient (Wildman–Crippen LogP) is -0.604. The van der Waals surface area contributed by atoms with E-state index in [0.29, 0.717) is 0 Å². The van der Waals surface area contributed by atoms with Gasteiger partial charge >= 0.3 is 44.8 Å². The Morgan fingerprint density at radius 1 is 0.333 bits per heavy atom. The van der Waals surface area contributed by atoms with E-state index >= 15 is 0 Å². The molecule has 0 radical (unpaired) electrons. The molecule has 0 saturated heterocycles. The number of hydrogen-bond donors (Lipinski definition) is 0. The fourth-order valence-electron chi connectivity index (χ4n) is 0. The molecule has 0 aliphatic rings. The summed E-state index contributed by atoms with van der Waals surface area (Å²) in [5.41, 5.74) is 0. The second kappa shape index (κ2) is 141. The first-order valence-corrected chi connectivity index (χ1v) is 0. The summed E-state index contributed by atoms with van der Waals surface area (Å²) in [6.45, 7) is 0. The van der Waals surface area contributed by atoms with Crippen molar-refractivity contribution >= 4 is 0 Å². The SMILES string of the molecule is [Nb+5].[Nb+5].[O-2].[O-2].[O-2].[O-2].[O-2].[Pt].[Pt]. The van der Waals surface area contributed by atoms with Crippen LogP contribution in [-0.4, -0.2) is 0 Å². The molecule has 0 unspecified atom stereocenters. The van der Waals surface area contributed by atoms with Crippen molar-refractivity contribution in [3.8, 4) is 0 Å². The zero-order valence-corrected chi connectivity index (χ0v) is 12.5. The fourth-order valence-corrected chi connectivity index (χ4v) is 0. The van der Waals surface area contributed by atoms with E-state index < -0.39 is 0 Å². The van der Waals surface area contributed by atoms with Gasteiger partial charge in [-0.2, -0.15) is 0 Å². The van der Waals surface area contributed by atoms with Crippen molar-refractivity contribution in [2.45, 2.75) is 0 Å². The van der Waals surface area contributed by atoms with Crippen LogP contribution in [0.1, 0.15) is 0 Å². The van der Waals surface area contributed by atoms with Crippen LogP contribution in [0.25, 0.3) is 0 Å².